The van der Waals surface area contributed by atoms with Crippen LogP contribution in [0.25, 0.3) is 6.08 Å². The van der Waals surface area contributed by atoms with Crippen LogP contribution in [0.15, 0.2) is 17.7 Å². The lowest BCUT2D eigenvalue weighted by Crippen LogP contribution is -2.32. The van der Waals surface area contributed by atoms with E-state index < -0.39 is 5.60 Å². The predicted molar refractivity (Wildman–Crippen MR) is 92.7 cm³/mol. The summed E-state index contributed by atoms with van der Waals surface area (Å²) in [5.74, 6) is 1.46. The number of hydrogen-bond donors (Lipinski definition) is 1. The number of rotatable bonds is 5. The molecule has 1 aliphatic rings. The summed E-state index contributed by atoms with van der Waals surface area (Å²) >= 11 is 0. The van der Waals surface area contributed by atoms with Crippen LogP contribution in [0.3, 0.4) is 0 Å². The Labute approximate surface area is 138 Å². The van der Waals surface area contributed by atoms with Gasteiger partial charge in [0.2, 0.25) is 11.5 Å². The summed E-state index contributed by atoms with van der Waals surface area (Å²) in [6.45, 7) is 8.08. The Morgan fingerprint density at radius 3 is 2.48 bits per heavy atom. The van der Waals surface area contributed by atoms with Crippen molar-refractivity contribution < 1.29 is 19.3 Å². The van der Waals surface area contributed by atoms with Crippen LogP contribution in [0.2, 0.25) is 0 Å². The highest BCUT2D eigenvalue weighted by atomic mass is 16.5. The van der Waals surface area contributed by atoms with Crippen LogP contribution in [-0.4, -0.2) is 24.9 Å². The molecule has 0 saturated heterocycles. The molecule has 1 heterocycles. The molecule has 4 heteroatoms. The molecule has 4 nitrogen and oxygen atoms in total. The molecule has 0 aromatic heterocycles. The number of phenols is 1. The van der Waals surface area contributed by atoms with Gasteiger partial charge in [-0.1, -0.05) is 17.7 Å². The minimum absolute atomic E-state index is 0.0875. The maximum atomic E-state index is 10.3. The van der Waals surface area contributed by atoms with E-state index in [1.54, 1.807) is 7.11 Å². The largest absolute Gasteiger partial charge is 0.504 e. The van der Waals surface area contributed by atoms with Crippen LogP contribution < -0.4 is 14.2 Å². The summed E-state index contributed by atoms with van der Waals surface area (Å²) < 4.78 is 17.0. The van der Waals surface area contributed by atoms with Crippen molar-refractivity contribution in [2.45, 2.75) is 46.1 Å². The van der Waals surface area contributed by atoms with Gasteiger partial charge in [0.15, 0.2) is 11.5 Å². The second kappa shape index (κ2) is 6.57. The maximum Gasteiger partial charge on any atom is 0.207 e. The number of phenolic OH excluding ortho intramolecular Hbond substituents is 1. The fourth-order valence-electron chi connectivity index (χ4n) is 2.79. The van der Waals surface area contributed by atoms with Crippen LogP contribution in [-0.2, 0) is 0 Å². The number of ether oxygens (including phenoxy) is 3. The highest BCUT2D eigenvalue weighted by Crippen LogP contribution is 2.52. The molecule has 0 aliphatic carbocycles. The molecule has 0 radical (unpaired) electrons. The molecule has 0 unspecified atom stereocenters. The third kappa shape index (κ3) is 3.31. The highest BCUT2D eigenvalue weighted by Gasteiger charge is 2.33. The van der Waals surface area contributed by atoms with Gasteiger partial charge in [-0.3, -0.25) is 0 Å². The molecular formula is C19H26O4. The second-order valence-corrected chi connectivity index (χ2v) is 6.35. The summed E-state index contributed by atoms with van der Waals surface area (Å²) in [5, 5.41) is 10.3. The van der Waals surface area contributed by atoms with Crippen LogP contribution in [0, 0.1) is 6.92 Å². The van der Waals surface area contributed by atoms with Gasteiger partial charge in [-0.05, 0) is 46.6 Å². The topological polar surface area (TPSA) is 47.9 Å². The van der Waals surface area contributed by atoms with Gasteiger partial charge in [-0.2, -0.15) is 0 Å². The SMILES string of the molecule is COc1c(O)c(C)c2c(c1OC)O[C@](C)(CCC=C(C)C)C=C2. The Kier molecular flexibility index (Phi) is 4.93. The Bertz CT molecular complexity index is 654. The molecule has 23 heavy (non-hydrogen) atoms. The molecule has 1 aliphatic heterocycles. The first-order chi connectivity index (χ1) is 10.8. The van der Waals surface area contributed by atoms with Crippen molar-refractivity contribution in [2.75, 3.05) is 14.2 Å². The van der Waals surface area contributed by atoms with E-state index in [1.807, 2.05) is 19.1 Å². The highest BCUT2D eigenvalue weighted by molar-refractivity contribution is 5.76. The first-order valence-electron chi connectivity index (χ1n) is 7.82. The van der Waals surface area contributed by atoms with Gasteiger partial charge in [0.1, 0.15) is 5.60 Å². The summed E-state index contributed by atoms with van der Waals surface area (Å²) in [7, 11) is 3.06. The minimum atomic E-state index is -0.416. The molecule has 0 spiro atoms. The quantitative estimate of drug-likeness (QED) is 0.804. The summed E-state index contributed by atoms with van der Waals surface area (Å²) in [6.07, 6.45) is 8.05. The summed E-state index contributed by atoms with van der Waals surface area (Å²) in [4.78, 5) is 0. The van der Waals surface area contributed by atoms with E-state index in [0.29, 0.717) is 17.2 Å². The molecule has 1 atom stereocenters. The Hall–Kier alpha value is -2.10. The van der Waals surface area contributed by atoms with Crippen LogP contribution in [0.4, 0.5) is 0 Å². The zero-order valence-corrected chi connectivity index (χ0v) is 14.8. The van der Waals surface area contributed by atoms with Gasteiger partial charge in [-0.25, -0.2) is 0 Å². The van der Waals surface area contributed by atoms with Crippen LogP contribution in [0.5, 0.6) is 23.0 Å². The smallest absolute Gasteiger partial charge is 0.207 e. The molecule has 1 aromatic carbocycles. The van der Waals surface area contributed by atoms with Gasteiger partial charge < -0.3 is 19.3 Å². The number of benzene rings is 1. The molecule has 0 amide bonds. The molecule has 2 rings (SSSR count). The van der Waals surface area contributed by atoms with Crippen molar-refractivity contribution in [3.05, 3.63) is 28.9 Å². The maximum absolute atomic E-state index is 10.3. The van der Waals surface area contributed by atoms with Crippen molar-refractivity contribution in [3.63, 3.8) is 0 Å². The molecule has 126 valence electrons. The Morgan fingerprint density at radius 2 is 1.91 bits per heavy atom. The van der Waals surface area contributed by atoms with E-state index in [9.17, 15) is 5.11 Å². The van der Waals surface area contributed by atoms with Gasteiger partial charge in [0, 0.05) is 11.1 Å². The summed E-state index contributed by atoms with van der Waals surface area (Å²) in [6, 6.07) is 0. The standard InChI is InChI=1S/C19H26O4/c1-12(2)8-7-10-19(4)11-9-14-13(3)15(20)17(21-5)18(22-6)16(14)23-19/h8-9,11,20H,7,10H2,1-6H3/t19-/m1/s1. The van der Waals surface area contributed by atoms with E-state index in [0.717, 1.165) is 24.0 Å². The average Bonchev–Trinajstić information content (AvgIpc) is 2.49. The summed E-state index contributed by atoms with van der Waals surface area (Å²) in [5.41, 5.74) is 2.44. The number of allylic oxidation sites excluding steroid dienone is 2. The van der Waals surface area contributed by atoms with E-state index >= 15 is 0 Å². The fraction of sp³-hybridized carbons (Fsp3) is 0.474. The third-order valence-electron chi connectivity index (χ3n) is 4.17. The molecule has 0 fully saturated rings. The number of methoxy groups -OCH3 is 2. The molecule has 0 bridgehead atoms. The Morgan fingerprint density at radius 1 is 1.26 bits per heavy atom. The zero-order valence-electron chi connectivity index (χ0n) is 14.8. The first-order valence-corrected chi connectivity index (χ1v) is 7.82. The third-order valence-corrected chi connectivity index (χ3v) is 4.17. The van der Waals surface area contributed by atoms with Gasteiger partial charge in [-0.15, -0.1) is 0 Å². The van der Waals surface area contributed by atoms with E-state index in [2.05, 4.69) is 26.8 Å². The van der Waals surface area contributed by atoms with E-state index in [-0.39, 0.29) is 5.75 Å². The minimum Gasteiger partial charge on any atom is -0.504 e. The molecule has 1 aromatic rings. The van der Waals surface area contributed by atoms with Gasteiger partial charge in [0.25, 0.3) is 0 Å². The zero-order chi connectivity index (χ0) is 17.2. The normalized spacial score (nSPS) is 18.9. The monoisotopic (exact) mass is 318 g/mol. The molecule has 0 saturated carbocycles. The molecular weight excluding hydrogens is 292 g/mol. The number of aromatic hydroxyl groups is 1. The lowest BCUT2D eigenvalue weighted by molar-refractivity contribution is 0.122. The van der Waals surface area contributed by atoms with Crippen LogP contribution in [0.1, 0.15) is 44.7 Å². The van der Waals surface area contributed by atoms with Crippen molar-refractivity contribution in [1.29, 1.82) is 0 Å². The lowest BCUT2D eigenvalue weighted by atomic mass is 9.92. The van der Waals surface area contributed by atoms with Crippen molar-refractivity contribution in [1.82, 2.24) is 0 Å². The number of hydrogen-bond acceptors (Lipinski definition) is 4. The predicted octanol–water partition coefficient (Wildman–Crippen LogP) is 4.63. The lowest BCUT2D eigenvalue weighted by Gasteiger charge is -2.33. The fourth-order valence-corrected chi connectivity index (χ4v) is 2.79. The van der Waals surface area contributed by atoms with Crippen LogP contribution >= 0.6 is 0 Å². The Balaban J connectivity index is 2.44. The second-order valence-electron chi connectivity index (χ2n) is 6.35. The van der Waals surface area contributed by atoms with Crippen molar-refractivity contribution in [2.24, 2.45) is 0 Å². The van der Waals surface area contributed by atoms with Crippen molar-refractivity contribution in [3.8, 4) is 23.0 Å². The average molecular weight is 318 g/mol. The van der Waals surface area contributed by atoms with Gasteiger partial charge in [0.05, 0.1) is 14.2 Å². The van der Waals surface area contributed by atoms with Crippen molar-refractivity contribution >= 4 is 6.08 Å². The van der Waals surface area contributed by atoms with E-state index in [1.165, 1.54) is 12.7 Å². The first kappa shape index (κ1) is 17.3. The molecule has 1 N–H and O–H groups in total. The number of fused-ring (bicyclic) bond motifs is 1. The van der Waals surface area contributed by atoms with E-state index in [4.69, 9.17) is 14.2 Å². The van der Waals surface area contributed by atoms with Gasteiger partial charge >= 0.3 is 0 Å².